The van der Waals surface area contributed by atoms with E-state index >= 15 is 0 Å². The molecular formula is C14H17N3O. The molecule has 1 unspecified atom stereocenters. The second kappa shape index (κ2) is 4.79. The second-order valence-corrected chi connectivity index (χ2v) is 5.20. The van der Waals surface area contributed by atoms with Gasteiger partial charge in [0.25, 0.3) is 0 Å². The Hall–Kier alpha value is -1.86. The van der Waals surface area contributed by atoms with E-state index in [0.29, 0.717) is 6.54 Å². The van der Waals surface area contributed by atoms with Crippen molar-refractivity contribution in [1.29, 1.82) is 5.26 Å². The molecule has 4 nitrogen and oxygen atoms in total. The highest BCUT2D eigenvalue weighted by atomic mass is 16.2. The summed E-state index contributed by atoms with van der Waals surface area (Å²) in [6.07, 6.45) is 0.200. The van der Waals surface area contributed by atoms with Gasteiger partial charge in [0.2, 0.25) is 5.91 Å². The fourth-order valence-corrected chi connectivity index (χ4v) is 2.30. The molecule has 94 valence electrons. The van der Waals surface area contributed by atoms with E-state index in [9.17, 15) is 4.79 Å². The van der Waals surface area contributed by atoms with Crippen molar-refractivity contribution in [2.45, 2.75) is 31.8 Å². The highest BCUT2D eigenvalue weighted by Gasteiger charge is 2.38. The molecule has 1 aromatic rings. The molecule has 0 radical (unpaired) electrons. The number of amides is 1. The number of nitrogens with one attached hydrogen (secondary N) is 1. The first-order valence-electron chi connectivity index (χ1n) is 6.04. The van der Waals surface area contributed by atoms with E-state index in [0.717, 1.165) is 5.69 Å². The summed E-state index contributed by atoms with van der Waals surface area (Å²) in [7, 11) is 0. The number of carbonyl (C=O) groups is 1. The van der Waals surface area contributed by atoms with Crippen molar-refractivity contribution in [3.8, 4) is 6.07 Å². The molecule has 1 amide bonds. The van der Waals surface area contributed by atoms with Gasteiger partial charge in [-0.2, -0.15) is 5.26 Å². The van der Waals surface area contributed by atoms with Gasteiger partial charge in [-0.1, -0.05) is 18.2 Å². The van der Waals surface area contributed by atoms with Gasteiger partial charge in [0.05, 0.1) is 12.5 Å². The van der Waals surface area contributed by atoms with Gasteiger partial charge in [-0.25, -0.2) is 0 Å². The Morgan fingerprint density at radius 1 is 1.44 bits per heavy atom. The van der Waals surface area contributed by atoms with E-state index in [4.69, 9.17) is 5.26 Å². The third-order valence-corrected chi connectivity index (χ3v) is 3.05. The van der Waals surface area contributed by atoms with E-state index in [2.05, 4.69) is 11.4 Å². The highest BCUT2D eigenvalue weighted by Crippen LogP contribution is 2.23. The number of piperazine rings is 1. The van der Waals surface area contributed by atoms with Gasteiger partial charge in [-0.15, -0.1) is 0 Å². The molecule has 18 heavy (non-hydrogen) atoms. The molecule has 1 fully saturated rings. The zero-order chi connectivity index (χ0) is 13.2. The van der Waals surface area contributed by atoms with Crippen LogP contribution in [0.4, 0.5) is 5.69 Å². The molecule has 1 aliphatic rings. The van der Waals surface area contributed by atoms with Gasteiger partial charge in [0, 0.05) is 17.8 Å². The molecule has 0 aliphatic carbocycles. The summed E-state index contributed by atoms with van der Waals surface area (Å²) < 4.78 is 0. The third kappa shape index (κ3) is 2.52. The zero-order valence-corrected chi connectivity index (χ0v) is 10.7. The summed E-state index contributed by atoms with van der Waals surface area (Å²) in [5, 5.41) is 12.0. The number of nitrogens with zero attached hydrogens (tertiary/aromatic N) is 2. The number of benzene rings is 1. The maximum Gasteiger partial charge on any atom is 0.245 e. The van der Waals surface area contributed by atoms with Crippen molar-refractivity contribution in [2.24, 2.45) is 0 Å². The van der Waals surface area contributed by atoms with Crippen LogP contribution in [0.2, 0.25) is 0 Å². The van der Waals surface area contributed by atoms with Gasteiger partial charge in [0.15, 0.2) is 0 Å². The van der Waals surface area contributed by atoms with Crippen LogP contribution >= 0.6 is 0 Å². The summed E-state index contributed by atoms with van der Waals surface area (Å²) in [4.78, 5) is 14.1. The lowest BCUT2D eigenvalue weighted by atomic mass is 9.96. The molecule has 1 aliphatic heterocycles. The van der Waals surface area contributed by atoms with Gasteiger partial charge >= 0.3 is 0 Å². The number of nitriles is 1. The molecule has 1 aromatic carbocycles. The van der Waals surface area contributed by atoms with Gasteiger partial charge < -0.3 is 4.90 Å². The van der Waals surface area contributed by atoms with Gasteiger partial charge in [0.1, 0.15) is 6.04 Å². The van der Waals surface area contributed by atoms with Crippen LogP contribution in [0.25, 0.3) is 0 Å². The summed E-state index contributed by atoms with van der Waals surface area (Å²) in [5.74, 6) is -0.0259. The predicted molar refractivity (Wildman–Crippen MR) is 70.0 cm³/mol. The minimum atomic E-state index is -0.418. The maximum atomic E-state index is 12.3. The van der Waals surface area contributed by atoms with Crippen molar-refractivity contribution < 1.29 is 4.79 Å². The average Bonchev–Trinajstić information content (AvgIpc) is 2.34. The Bertz CT molecular complexity index is 476. The number of hydrogen-bond acceptors (Lipinski definition) is 3. The Morgan fingerprint density at radius 2 is 2.11 bits per heavy atom. The minimum absolute atomic E-state index is 0.0259. The smallest absolute Gasteiger partial charge is 0.245 e. The maximum absolute atomic E-state index is 12.3. The SMILES string of the molecule is CC1(C)CN(c2ccccc2)C(=O)C(CC#N)N1. The van der Waals surface area contributed by atoms with E-state index in [1.54, 1.807) is 4.90 Å². The number of carbonyl (C=O) groups excluding carboxylic acids is 1. The van der Waals surface area contributed by atoms with Crippen LogP contribution in [0.5, 0.6) is 0 Å². The lowest BCUT2D eigenvalue weighted by Gasteiger charge is -2.42. The second-order valence-electron chi connectivity index (χ2n) is 5.20. The Balaban J connectivity index is 2.29. The van der Waals surface area contributed by atoms with Crippen LogP contribution in [0.1, 0.15) is 20.3 Å². The van der Waals surface area contributed by atoms with Crippen molar-refractivity contribution in [1.82, 2.24) is 5.32 Å². The van der Waals surface area contributed by atoms with E-state index < -0.39 is 6.04 Å². The summed E-state index contributed by atoms with van der Waals surface area (Å²) in [5.41, 5.74) is 0.700. The van der Waals surface area contributed by atoms with E-state index in [1.807, 2.05) is 44.2 Å². The van der Waals surface area contributed by atoms with Crippen molar-refractivity contribution in [3.63, 3.8) is 0 Å². The number of anilines is 1. The first kappa shape index (κ1) is 12.6. The van der Waals surface area contributed by atoms with Crippen molar-refractivity contribution >= 4 is 11.6 Å². The van der Waals surface area contributed by atoms with Crippen molar-refractivity contribution in [3.05, 3.63) is 30.3 Å². The summed E-state index contributed by atoms with van der Waals surface area (Å²) in [6, 6.07) is 11.2. The Kier molecular flexibility index (Phi) is 3.35. The monoisotopic (exact) mass is 243 g/mol. The molecule has 4 heteroatoms. The molecule has 0 saturated carbocycles. The highest BCUT2D eigenvalue weighted by molar-refractivity contribution is 5.98. The number of rotatable bonds is 2. The molecule has 1 N–H and O–H groups in total. The topological polar surface area (TPSA) is 56.1 Å². The largest absolute Gasteiger partial charge is 0.309 e. The minimum Gasteiger partial charge on any atom is -0.309 e. The summed E-state index contributed by atoms with van der Waals surface area (Å²) in [6.45, 7) is 4.69. The van der Waals surface area contributed by atoms with Gasteiger partial charge in [-0.05, 0) is 26.0 Å². The molecule has 1 heterocycles. The lowest BCUT2D eigenvalue weighted by molar-refractivity contribution is -0.122. The van der Waals surface area contributed by atoms with E-state index in [1.165, 1.54) is 0 Å². The van der Waals surface area contributed by atoms with E-state index in [-0.39, 0.29) is 17.9 Å². The van der Waals surface area contributed by atoms with Gasteiger partial charge in [-0.3, -0.25) is 10.1 Å². The normalized spacial score (nSPS) is 22.6. The van der Waals surface area contributed by atoms with Crippen LogP contribution in [0, 0.1) is 11.3 Å². The van der Waals surface area contributed by atoms with Crippen LogP contribution in [-0.2, 0) is 4.79 Å². The molecule has 1 atom stereocenters. The van der Waals surface area contributed by atoms with Crippen LogP contribution in [0.15, 0.2) is 30.3 Å². The molecule has 0 bridgehead atoms. The van der Waals surface area contributed by atoms with Crippen LogP contribution in [-0.4, -0.2) is 24.0 Å². The predicted octanol–water partition coefficient (Wildman–Crippen LogP) is 1.68. The lowest BCUT2D eigenvalue weighted by Crippen LogP contribution is -2.65. The summed E-state index contributed by atoms with van der Waals surface area (Å²) >= 11 is 0. The quantitative estimate of drug-likeness (QED) is 0.859. The number of para-hydroxylation sites is 1. The molecule has 0 aromatic heterocycles. The van der Waals surface area contributed by atoms with Crippen molar-refractivity contribution in [2.75, 3.05) is 11.4 Å². The first-order valence-corrected chi connectivity index (χ1v) is 6.04. The first-order chi connectivity index (χ1) is 8.53. The molecule has 2 rings (SSSR count). The fraction of sp³-hybridized carbons (Fsp3) is 0.429. The number of hydrogen-bond donors (Lipinski definition) is 1. The Labute approximate surface area is 107 Å². The van der Waals surface area contributed by atoms with Crippen LogP contribution in [0.3, 0.4) is 0 Å². The molecule has 1 saturated heterocycles. The standard InChI is InChI=1S/C14H17N3O/c1-14(2)10-17(11-6-4-3-5-7-11)13(18)12(16-14)8-9-15/h3-7,12,16H,8,10H2,1-2H3. The molecular weight excluding hydrogens is 226 g/mol. The molecule has 0 spiro atoms. The van der Waals surface area contributed by atoms with Crippen LogP contribution < -0.4 is 10.2 Å². The average molecular weight is 243 g/mol. The fourth-order valence-electron chi connectivity index (χ4n) is 2.30. The zero-order valence-electron chi connectivity index (χ0n) is 10.7. The Morgan fingerprint density at radius 3 is 2.72 bits per heavy atom. The third-order valence-electron chi connectivity index (χ3n) is 3.05.